The van der Waals surface area contributed by atoms with Gasteiger partial charge in [-0.15, -0.1) is 0 Å². The van der Waals surface area contributed by atoms with Crippen molar-refractivity contribution in [2.24, 2.45) is 5.92 Å². The lowest BCUT2D eigenvalue weighted by molar-refractivity contribution is 0.103. The standard InChI is InChI=1S/C19H18N2O2/c1-11(2)9-10-23-15-8-7-14-16-17(15)19(22)13-6-4-3-5-12(13)18(16)21-20-14/h3-8,11H,9-10H2,1-2H3,(H,20,21). The van der Waals surface area contributed by atoms with Crippen molar-refractivity contribution in [2.45, 2.75) is 20.3 Å². The summed E-state index contributed by atoms with van der Waals surface area (Å²) in [7, 11) is 0. The zero-order valence-electron chi connectivity index (χ0n) is 13.2. The maximum Gasteiger partial charge on any atom is 0.198 e. The van der Waals surface area contributed by atoms with E-state index in [1.807, 2.05) is 36.4 Å². The number of carbonyl (C=O) groups is 1. The molecule has 1 heterocycles. The lowest BCUT2D eigenvalue weighted by Gasteiger charge is -2.18. The van der Waals surface area contributed by atoms with Crippen LogP contribution in [-0.2, 0) is 0 Å². The van der Waals surface area contributed by atoms with Crippen LogP contribution in [-0.4, -0.2) is 22.6 Å². The molecule has 1 aliphatic carbocycles. The normalized spacial score (nSPS) is 12.7. The van der Waals surface area contributed by atoms with Crippen LogP contribution >= 0.6 is 0 Å². The minimum Gasteiger partial charge on any atom is -0.493 e. The molecule has 0 unspecified atom stereocenters. The minimum absolute atomic E-state index is 0.0136. The third-order valence-electron chi connectivity index (χ3n) is 4.30. The average Bonchev–Trinajstić information content (AvgIpc) is 2.97. The van der Waals surface area contributed by atoms with E-state index in [1.54, 1.807) is 0 Å². The summed E-state index contributed by atoms with van der Waals surface area (Å²) in [5.41, 5.74) is 3.91. The summed E-state index contributed by atoms with van der Waals surface area (Å²) in [5, 5.41) is 8.31. The van der Waals surface area contributed by atoms with Crippen LogP contribution in [0, 0.1) is 5.92 Å². The molecule has 116 valence electrons. The quantitative estimate of drug-likeness (QED) is 0.615. The number of aromatic amines is 1. The van der Waals surface area contributed by atoms with E-state index in [-0.39, 0.29) is 5.78 Å². The van der Waals surface area contributed by atoms with E-state index in [1.165, 1.54) is 0 Å². The maximum atomic E-state index is 13.0. The fourth-order valence-electron chi connectivity index (χ4n) is 3.06. The fraction of sp³-hybridized carbons (Fsp3) is 0.263. The van der Waals surface area contributed by atoms with E-state index >= 15 is 0 Å². The third kappa shape index (κ3) is 2.13. The summed E-state index contributed by atoms with van der Waals surface area (Å²) in [6.45, 7) is 4.93. The van der Waals surface area contributed by atoms with Crippen molar-refractivity contribution in [3.05, 3.63) is 47.5 Å². The Morgan fingerprint density at radius 1 is 1.13 bits per heavy atom. The number of hydrogen-bond acceptors (Lipinski definition) is 3. The molecular weight excluding hydrogens is 288 g/mol. The molecule has 0 amide bonds. The first kappa shape index (κ1) is 14.0. The predicted octanol–water partition coefficient (Wildman–Crippen LogP) is 4.20. The maximum absolute atomic E-state index is 13.0. The monoisotopic (exact) mass is 306 g/mol. The second-order valence-electron chi connectivity index (χ2n) is 6.34. The van der Waals surface area contributed by atoms with Crippen LogP contribution in [0.4, 0.5) is 0 Å². The van der Waals surface area contributed by atoms with E-state index in [0.29, 0.717) is 29.4 Å². The Labute approximate surface area is 134 Å². The lowest BCUT2D eigenvalue weighted by atomic mass is 9.87. The molecule has 1 aromatic heterocycles. The van der Waals surface area contributed by atoms with Crippen molar-refractivity contribution in [2.75, 3.05) is 6.61 Å². The van der Waals surface area contributed by atoms with Gasteiger partial charge in [-0.1, -0.05) is 38.1 Å². The van der Waals surface area contributed by atoms with Gasteiger partial charge in [0.05, 0.1) is 17.7 Å². The molecule has 3 aromatic rings. The molecule has 0 saturated carbocycles. The molecule has 0 radical (unpaired) electrons. The van der Waals surface area contributed by atoms with Crippen LogP contribution in [0.1, 0.15) is 36.2 Å². The van der Waals surface area contributed by atoms with Crippen molar-refractivity contribution in [1.29, 1.82) is 0 Å². The van der Waals surface area contributed by atoms with Crippen molar-refractivity contribution >= 4 is 16.7 Å². The molecule has 0 bridgehead atoms. The molecule has 1 aliphatic rings. The number of nitrogens with zero attached hydrogens (tertiary/aromatic N) is 1. The first-order chi connectivity index (χ1) is 11.2. The van der Waals surface area contributed by atoms with Gasteiger partial charge in [0.15, 0.2) is 5.78 Å². The van der Waals surface area contributed by atoms with Crippen LogP contribution in [0.5, 0.6) is 5.75 Å². The van der Waals surface area contributed by atoms with Crippen molar-refractivity contribution in [3.63, 3.8) is 0 Å². The number of fused-ring (bicyclic) bond motifs is 2. The molecule has 2 aromatic carbocycles. The Morgan fingerprint density at radius 3 is 2.70 bits per heavy atom. The highest BCUT2D eigenvalue weighted by molar-refractivity contribution is 6.26. The molecule has 0 spiro atoms. The number of ketones is 1. The van der Waals surface area contributed by atoms with Crippen LogP contribution in [0.2, 0.25) is 0 Å². The summed E-state index contributed by atoms with van der Waals surface area (Å²) in [6.07, 6.45) is 0.959. The summed E-state index contributed by atoms with van der Waals surface area (Å²) >= 11 is 0. The number of benzene rings is 2. The average molecular weight is 306 g/mol. The number of ether oxygens (including phenoxy) is 1. The van der Waals surface area contributed by atoms with Gasteiger partial charge in [-0.25, -0.2) is 0 Å². The van der Waals surface area contributed by atoms with Gasteiger partial charge in [0.25, 0.3) is 0 Å². The number of aromatic nitrogens is 2. The van der Waals surface area contributed by atoms with Crippen LogP contribution in [0.3, 0.4) is 0 Å². The summed E-state index contributed by atoms with van der Waals surface area (Å²) < 4.78 is 5.93. The Balaban J connectivity index is 1.88. The number of hydrogen-bond donors (Lipinski definition) is 1. The zero-order valence-corrected chi connectivity index (χ0v) is 13.2. The second kappa shape index (κ2) is 5.23. The summed E-state index contributed by atoms with van der Waals surface area (Å²) in [5.74, 6) is 1.23. The van der Waals surface area contributed by atoms with E-state index in [0.717, 1.165) is 28.6 Å². The number of H-pyrrole nitrogens is 1. The number of nitrogens with one attached hydrogen (secondary N) is 1. The Bertz CT molecular complexity index is 909. The molecule has 0 atom stereocenters. The van der Waals surface area contributed by atoms with Gasteiger partial charge < -0.3 is 4.74 Å². The fourth-order valence-corrected chi connectivity index (χ4v) is 3.06. The molecule has 1 N–H and O–H groups in total. The number of rotatable bonds is 4. The third-order valence-corrected chi connectivity index (χ3v) is 4.30. The topological polar surface area (TPSA) is 55.0 Å². The van der Waals surface area contributed by atoms with Gasteiger partial charge in [0, 0.05) is 16.5 Å². The Hall–Kier alpha value is -2.62. The highest BCUT2D eigenvalue weighted by atomic mass is 16.5. The molecule has 0 aliphatic heterocycles. The van der Waals surface area contributed by atoms with Crippen molar-refractivity contribution in [1.82, 2.24) is 10.2 Å². The van der Waals surface area contributed by atoms with E-state index in [9.17, 15) is 4.79 Å². The van der Waals surface area contributed by atoms with Crippen LogP contribution < -0.4 is 4.74 Å². The highest BCUT2D eigenvalue weighted by Gasteiger charge is 2.30. The van der Waals surface area contributed by atoms with Gasteiger partial charge in [0.1, 0.15) is 11.4 Å². The lowest BCUT2D eigenvalue weighted by Crippen LogP contribution is -2.12. The zero-order chi connectivity index (χ0) is 16.0. The molecule has 4 nitrogen and oxygen atoms in total. The first-order valence-corrected chi connectivity index (χ1v) is 7.95. The van der Waals surface area contributed by atoms with E-state index < -0.39 is 0 Å². The Kier molecular flexibility index (Phi) is 3.18. The summed E-state index contributed by atoms with van der Waals surface area (Å²) in [4.78, 5) is 13.0. The van der Waals surface area contributed by atoms with Crippen molar-refractivity contribution < 1.29 is 9.53 Å². The highest BCUT2D eigenvalue weighted by Crippen LogP contribution is 2.41. The number of carbonyl (C=O) groups excluding carboxylic acids is 1. The molecule has 0 saturated heterocycles. The minimum atomic E-state index is 0.0136. The SMILES string of the molecule is CC(C)CCOc1ccc2[nH]nc3c2c1C(=O)c1ccccc1-3. The van der Waals surface area contributed by atoms with E-state index in [4.69, 9.17) is 4.74 Å². The molecule has 4 rings (SSSR count). The molecule has 0 fully saturated rings. The smallest absolute Gasteiger partial charge is 0.198 e. The van der Waals surface area contributed by atoms with Gasteiger partial charge in [0.2, 0.25) is 0 Å². The first-order valence-electron chi connectivity index (χ1n) is 7.95. The molecule has 4 heteroatoms. The Morgan fingerprint density at radius 2 is 1.91 bits per heavy atom. The summed E-state index contributed by atoms with van der Waals surface area (Å²) in [6, 6.07) is 11.4. The van der Waals surface area contributed by atoms with Gasteiger partial charge in [-0.2, -0.15) is 5.10 Å². The van der Waals surface area contributed by atoms with Gasteiger partial charge >= 0.3 is 0 Å². The predicted molar refractivity (Wildman–Crippen MR) is 89.9 cm³/mol. The van der Waals surface area contributed by atoms with E-state index in [2.05, 4.69) is 24.0 Å². The van der Waals surface area contributed by atoms with Crippen LogP contribution in [0.15, 0.2) is 36.4 Å². The van der Waals surface area contributed by atoms with Crippen LogP contribution in [0.25, 0.3) is 22.2 Å². The largest absolute Gasteiger partial charge is 0.493 e. The molecule has 23 heavy (non-hydrogen) atoms. The molecular formula is C19H18N2O2. The van der Waals surface area contributed by atoms with Gasteiger partial charge in [-0.3, -0.25) is 9.89 Å². The van der Waals surface area contributed by atoms with Crippen molar-refractivity contribution in [3.8, 4) is 17.0 Å². The second-order valence-corrected chi connectivity index (χ2v) is 6.34. The van der Waals surface area contributed by atoms with Gasteiger partial charge in [-0.05, 0) is 24.5 Å².